The summed E-state index contributed by atoms with van der Waals surface area (Å²) in [5.41, 5.74) is 0. The molecule has 15 heavy (non-hydrogen) atoms. The zero-order valence-corrected chi connectivity index (χ0v) is 10.1. The van der Waals surface area contributed by atoms with Crippen molar-refractivity contribution in [1.29, 1.82) is 0 Å². The topological polar surface area (TPSA) is 12.0 Å². The molecule has 0 radical (unpaired) electrons. The van der Waals surface area contributed by atoms with Crippen molar-refractivity contribution in [2.24, 2.45) is 5.92 Å². The molecule has 0 aromatic carbocycles. The van der Waals surface area contributed by atoms with Crippen LogP contribution in [-0.4, -0.2) is 12.6 Å². The second-order valence-electron chi connectivity index (χ2n) is 4.94. The van der Waals surface area contributed by atoms with Crippen LogP contribution in [0, 0.1) is 5.92 Å². The monoisotopic (exact) mass is 221 g/mol. The van der Waals surface area contributed by atoms with Gasteiger partial charge in [0.25, 0.3) is 0 Å². The maximum atomic E-state index is 3.64. The summed E-state index contributed by atoms with van der Waals surface area (Å²) in [6.07, 6.45) is 5.44. The van der Waals surface area contributed by atoms with Gasteiger partial charge in [0.1, 0.15) is 0 Å². The molecule has 2 fully saturated rings. The van der Waals surface area contributed by atoms with Gasteiger partial charge in [0, 0.05) is 15.8 Å². The van der Waals surface area contributed by atoms with Crippen molar-refractivity contribution in [2.75, 3.05) is 6.54 Å². The maximum Gasteiger partial charge on any atom is 0.00825 e. The highest BCUT2D eigenvalue weighted by molar-refractivity contribution is 7.12. The van der Waals surface area contributed by atoms with Gasteiger partial charge in [-0.15, -0.1) is 11.3 Å². The molecule has 0 bridgehead atoms. The van der Waals surface area contributed by atoms with Crippen molar-refractivity contribution in [2.45, 2.75) is 44.6 Å². The van der Waals surface area contributed by atoms with E-state index in [2.05, 4.69) is 24.4 Å². The van der Waals surface area contributed by atoms with Crippen molar-refractivity contribution in [3.63, 3.8) is 0 Å². The molecule has 2 atom stereocenters. The highest BCUT2D eigenvalue weighted by atomic mass is 32.1. The molecule has 0 amide bonds. The predicted molar refractivity (Wildman–Crippen MR) is 65.6 cm³/mol. The molecule has 1 aromatic heterocycles. The molecule has 2 aliphatic carbocycles. The third-order valence-electron chi connectivity index (χ3n) is 3.57. The van der Waals surface area contributed by atoms with E-state index in [0.29, 0.717) is 0 Å². The van der Waals surface area contributed by atoms with Crippen LogP contribution in [0.25, 0.3) is 0 Å². The molecule has 1 heterocycles. The summed E-state index contributed by atoms with van der Waals surface area (Å²) in [6, 6.07) is 5.54. The first-order chi connectivity index (χ1) is 7.36. The van der Waals surface area contributed by atoms with Gasteiger partial charge in [0.2, 0.25) is 0 Å². The molecule has 1 aromatic rings. The summed E-state index contributed by atoms with van der Waals surface area (Å²) in [5, 5.41) is 3.64. The number of nitrogens with one attached hydrogen (secondary N) is 1. The van der Waals surface area contributed by atoms with Crippen LogP contribution in [0.2, 0.25) is 0 Å². The normalized spacial score (nSPS) is 29.4. The summed E-state index contributed by atoms with van der Waals surface area (Å²) in [6.45, 7) is 3.50. The average Bonchev–Trinajstić information content (AvgIpc) is 3.15. The fraction of sp³-hybridized carbons (Fsp3) is 0.692. The Labute approximate surface area is 95.9 Å². The van der Waals surface area contributed by atoms with Gasteiger partial charge in [0.15, 0.2) is 0 Å². The van der Waals surface area contributed by atoms with Gasteiger partial charge in [-0.3, -0.25) is 0 Å². The first-order valence-corrected chi connectivity index (χ1v) is 7.00. The minimum absolute atomic E-state index is 0.876. The van der Waals surface area contributed by atoms with E-state index in [9.17, 15) is 0 Å². The predicted octanol–water partition coefficient (Wildman–Crippen LogP) is 3.17. The molecule has 2 unspecified atom stereocenters. The lowest BCUT2D eigenvalue weighted by Gasteiger charge is -2.00. The molecule has 0 saturated heterocycles. The van der Waals surface area contributed by atoms with Crippen LogP contribution in [0.3, 0.4) is 0 Å². The van der Waals surface area contributed by atoms with E-state index >= 15 is 0 Å². The van der Waals surface area contributed by atoms with Crippen LogP contribution < -0.4 is 5.32 Å². The molecule has 1 nitrogen and oxygen atoms in total. The van der Waals surface area contributed by atoms with Gasteiger partial charge in [0.05, 0.1) is 0 Å². The second-order valence-corrected chi connectivity index (χ2v) is 6.14. The average molecular weight is 221 g/mol. The molecule has 0 spiro atoms. The first kappa shape index (κ1) is 9.86. The van der Waals surface area contributed by atoms with E-state index in [0.717, 1.165) is 17.9 Å². The Kier molecular flexibility index (Phi) is 2.57. The van der Waals surface area contributed by atoms with Crippen molar-refractivity contribution in [3.05, 3.63) is 21.9 Å². The molecule has 3 rings (SSSR count). The number of hydrogen-bond acceptors (Lipinski definition) is 2. The molecule has 2 saturated carbocycles. The van der Waals surface area contributed by atoms with E-state index in [-0.39, 0.29) is 0 Å². The Morgan fingerprint density at radius 2 is 2.27 bits per heavy atom. The summed E-state index contributed by atoms with van der Waals surface area (Å²) in [4.78, 5) is 3.18. The largest absolute Gasteiger partial charge is 0.314 e. The van der Waals surface area contributed by atoms with E-state index in [1.807, 2.05) is 11.3 Å². The van der Waals surface area contributed by atoms with Crippen LogP contribution in [0.15, 0.2) is 12.1 Å². The Balaban J connectivity index is 1.51. The van der Waals surface area contributed by atoms with E-state index in [4.69, 9.17) is 0 Å². The summed E-state index contributed by atoms with van der Waals surface area (Å²) >= 11 is 2.03. The quantitative estimate of drug-likeness (QED) is 0.805. The Bertz CT molecular complexity index is 340. The third kappa shape index (κ3) is 2.26. The number of hydrogen-bond donors (Lipinski definition) is 1. The van der Waals surface area contributed by atoms with Gasteiger partial charge < -0.3 is 5.32 Å². The standard InChI is InChI=1S/C13H19NS/c1-2-11-5-6-13(15-11)12-7-9(12)8-14-10-3-4-10/h5-6,9-10,12,14H,2-4,7-8H2,1H3. The Morgan fingerprint density at radius 1 is 1.40 bits per heavy atom. The van der Waals surface area contributed by atoms with Crippen LogP contribution in [0.1, 0.15) is 41.9 Å². The number of thiophene rings is 1. The van der Waals surface area contributed by atoms with Gasteiger partial charge >= 0.3 is 0 Å². The fourth-order valence-corrected chi connectivity index (χ4v) is 3.37. The van der Waals surface area contributed by atoms with Crippen molar-refractivity contribution in [3.8, 4) is 0 Å². The van der Waals surface area contributed by atoms with Gasteiger partial charge in [-0.05, 0) is 56.2 Å². The lowest BCUT2D eigenvalue weighted by Crippen LogP contribution is -2.19. The highest BCUT2D eigenvalue weighted by Gasteiger charge is 2.39. The van der Waals surface area contributed by atoms with E-state index < -0.39 is 0 Å². The van der Waals surface area contributed by atoms with Gasteiger partial charge in [-0.25, -0.2) is 0 Å². The number of aryl methyl sites for hydroxylation is 1. The SMILES string of the molecule is CCc1ccc(C2CC2CNC2CC2)s1. The maximum absolute atomic E-state index is 3.64. The molecule has 2 heteroatoms. The molecular weight excluding hydrogens is 202 g/mol. The summed E-state index contributed by atoms with van der Waals surface area (Å²) < 4.78 is 0. The fourth-order valence-electron chi connectivity index (χ4n) is 2.21. The van der Waals surface area contributed by atoms with Gasteiger partial charge in [-0.2, -0.15) is 0 Å². The molecular formula is C13H19NS. The summed E-state index contributed by atoms with van der Waals surface area (Å²) in [7, 11) is 0. The van der Waals surface area contributed by atoms with Crippen LogP contribution in [0.5, 0.6) is 0 Å². The minimum Gasteiger partial charge on any atom is -0.314 e. The summed E-state index contributed by atoms with van der Waals surface area (Å²) in [5.74, 6) is 1.83. The van der Waals surface area contributed by atoms with E-state index in [1.165, 1.54) is 32.2 Å². The van der Waals surface area contributed by atoms with Crippen molar-refractivity contribution < 1.29 is 0 Å². The Morgan fingerprint density at radius 3 is 2.93 bits per heavy atom. The molecule has 2 aliphatic rings. The zero-order chi connectivity index (χ0) is 10.3. The van der Waals surface area contributed by atoms with Gasteiger partial charge in [-0.1, -0.05) is 6.92 Å². The van der Waals surface area contributed by atoms with Crippen molar-refractivity contribution in [1.82, 2.24) is 5.32 Å². The first-order valence-electron chi connectivity index (χ1n) is 6.19. The molecule has 1 N–H and O–H groups in total. The molecule has 82 valence electrons. The van der Waals surface area contributed by atoms with Crippen LogP contribution in [0.4, 0.5) is 0 Å². The third-order valence-corrected chi connectivity index (χ3v) is 4.93. The lowest BCUT2D eigenvalue weighted by atomic mass is 10.2. The lowest BCUT2D eigenvalue weighted by molar-refractivity contribution is 0.625. The zero-order valence-electron chi connectivity index (χ0n) is 9.33. The van der Waals surface area contributed by atoms with Crippen LogP contribution in [-0.2, 0) is 6.42 Å². The van der Waals surface area contributed by atoms with Crippen molar-refractivity contribution >= 4 is 11.3 Å². The van der Waals surface area contributed by atoms with Crippen LogP contribution >= 0.6 is 11.3 Å². The Hall–Kier alpha value is -0.340. The second kappa shape index (κ2) is 3.91. The highest BCUT2D eigenvalue weighted by Crippen LogP contribution is 2.49. The smallest absolute Gasteiger partial charge is 0.00825 e. The van der Waals surface area contributed by atoms with E-state index in [1.54, 1.807) is 9.75 Å². The minimum atomic E-state index is 0.876. The number of rotatable bonds is 5. The molecule has 0 aliphatic heterocycles.